The van der Waals surface area contributed by atoms with Gasteiger partial charge in [0.15, 0.2) is 0 Å². The fourth-order valence-electron chi connectivity index (χ4n) is 3.72. The number of amides is 1. The van der Waals surface area contributed by atoms with Crippen LogP contribution in [0.2, 0.25) is 0 Å². The normalized spacial score (nSPS) is 17.5. The zero-order valence-corrected chi connectivity index (χ0v) is 18.5. The molecule has 2 aromatic rings. The fraction of sp³-hybridized carbons (Fsp3) is 0.320. The molecule has 0 saturated carbocycles. The molecule has 7 nitrogen and oxygen atoms in total. The number of esters is 1. The topological polar surface area (TPSA) is 93.1 Å². The highest BCUT2D eigenvalue weighted by atomic mass is 16.5. The van der Waals surface area contributed by atoms with E-state index in [2.05, 4.69) is 0 Å². The Hall–Kier alpha value is -3.61. The highest BCUT2D eigenvalue weighted by molar-refractivity contribution is 6.46. The number of aliphatic hydroxyl groups excluding tert-OH is 1. The number of carbonyl (C=O) groups is 3. The van der Waals surface area contributed by atoms with Crippen LogP contribution in [0.1, 0.15) is 50.8 Å². The molecule has 1 heterocycles. The number of rotatable bonds is 8. The second kappa shape index (κ2) is 10.1. The Bertz CT molecular complexity index is 1060. The van der Waals surface area contributed by atoms with Crippen LogP contribution in [0.15, 0.2) is 54.1 Å². The highest BCUT2D eigenvalue weighted by Gasteiger charge is 2.45. The number of ketones is 1. The third-order valence-corrected chi connectivity index (χ3v) is 5.02. The molecule has 7 heteroatoms. The van der Waals surface area contributed by atoms with Crippen LogP contribution < -0.4 is 9.47 Å². The molecule has 0 aliphatic carbocycles. The minimum absolute atomic E-state index is 0.00364. The van der Waals surface area contributed by atoms with Crippen molar-refractivity contribution in [3.63, 3.8) is 0 Å². The van der Waals surface area contributed by atoms with Gasteiger partial charge in [-0.15, -0.1) is 0 Å². The van der Waals surface area contributed by atoms with Gasteiger partial charge < -0.3 is 19.5 Å². The SMILES string of the molecule is CCCOc1cccc(/C(O)=C2/C(=O)C(=O)N(CCC)C2c2cccc(OC(C)=O)c2)c1. The Kier molecular flexibility index (Phi) is 7.30. The summed E-state index contributed by atoms with van der Waals surface area (Å²) < 4.78 is 10.8. The van der Waals surface area contributed by atoms with E-state index in [0.717, 1.165) is 6.42 Å². The van der Waals surface area contributed by atoms with E-state index in [-0.39, 0.29) is 11.3 Å². The first kappa shape index (κ1) is 23.1. The van der Waals surface area contributed by atoms with E-state index in [4.69, 9.17) is 9.47 Å². The van der Waals surface area contributed by atoms with E-state index in [0.29, 0.717) is 42.2 Å². The standard InChI is InChI=1S/C25H27NO6/c1-4-12-26-22(17-8-6-11-20(14-17)32-16(3)27)21(24(29)25(26)30)23(28)18-9-7-10-19(15-18)31-13-5-2/h6-11,14-15,22,28H,4-5,12-13H2,1-3H3/b23-21-. The maximum Gasteiger partial charge on any atom is 0.308 e. The summed E-state index contributed by atoms with van der Waals surface area (Å²) in [5.41, 5.74) is 0.946. The lowest BCUT2D eigenvalue weighted by Gasteiger charge is -2.25. The van der Waals surface area contributed by atoms with E-state index in [9.17, 15) is 19.5 Å². The second-order valence-electron chi connectivity index (χ2n) is 7.53. The first-order valence-corrected chi connectivity index (χ1v) is 10.7. The molecule has 1 fully saturated rings. The molecule has 0 bridgehead atoms. The molecule has 2 aromatic carbocycles. The van der Waals surface area contributed by atoms with Crippen LogP contribution in [0.3, 0.4) is 0 Å². The van der Waals surface area contributed by atoms with E-state index < -0.39 is 23.7 Å². The molecule has 1 atom stereocenters. The van der Waals surface area contributed by atoms with E-state index >= 15 is 0 Å². The predicted octanol–water partition coefficient (Wildman–Crippen LogP) is 4.23. The van der Waals surface area contributed by atoms with Gasteiger partial charge in [-0.25, -0.2) is 0 Å². The van der Waals surface area contributed by atoms with Crippen molar-refractivity contribution in [2.45, 2.75) is 39.7 Å². The second-order valence-corrected chi connectivity index (χ2v) is 7.53. The van der Waals surface area contributed by atoms with E-state index in [1.807, 2.05) is 13.8 Å². The molecule has 0 radical (unpaired) electrons. The number of benzene rings is 2. The van der Waals surface area contributed by atoms with Gasteiger partial charge in [0.05, 0.1) is 18.2 Å². The van der Waals surface area contributed by atoms with Gasteiger partial charge in [-0.3, -0.25) is 14.4 Å². The predicted molar refractivity (Wildman–Crippen MR) is 119 cm³/mol. The molecule has 1 aliphatic heterocycles. The molecule has 1 amide bonds. The maximum atomic E-state index is 13.0. The molecule has 1 saturated heterocycles. The lowest BCUT2D eigenvalue weighted by atomic mass is 9.95. The summed E-state index contributed by atoms with van der Waals surface area (Å²) in [6, 6.07) is 12.6. The van der Waals surface area contributed by atoms with Crippen LogP contribution in [0, 0.1) is 0 Å². The quantitative estimate of drug-likeness (QED) is 0.218. The highest BCUT2D eigenvalue weighted by Crippen LogP contribution is 2.40. The zero-order valence-electron chi connectivity index (χ0n) is 18.5. The van der Waals surface area contributed by atoms with Crippen molar-refractivity contribution in [2.75, 3.05) is 13.2 Å². The molecular weight excluding hydrogens is 410 g/mol. The lowest BCUT2D eigenvalue weighted by molar-refractivity contribution is -0.139. The molecule has 0 spiro atoms. The minimum Gasteiger partial charge on any atom is -0.507 e. The zero-order chi connectivity index (χ0) is 23.3. The Labute approximate surface area is 187 Å². The third-order valence-electron chi connectivity index (χ3n) is 5.02. The molecule has 0 aromatic heterocycles. The summed E-state index contributed by atoms with van der Waals surface area (Å²) in [4.78, 5) is 38.6. The first-order chi connectivity index (χ1) is 15.4. The monoisotopic (exact) mass is 437 g/mol. The van der Waals surface area contributed by atoms with Crippen molar-refractivity contribution in [1.82, 2.24) is 4.90 Å². The lowest BCUT2D eigenvalue weighted by Crippen LogP contribution is -2.30. The van der Waals surface area contributed by atoms with Crippen LogP contribution in [-0.4, -0.2) is 40.8 Å². The number of hydrogen-bond donors (Lipinski definition) is 1. The maximum absolute atomic E-state index is 13.0. The van der Waals surface area contributed by atoms with Crippen LogP contribution in [-0.2, 0) is 14.4 Å². The number of hydrogen-bond acceptors (Lipinski definition) is 6. The number of carbonyl (C=O) groups excluding carboxylic acids is 3. The summed E-state index contributed by atoms with van der Waals surface area (Å²) >= 11 is 0. The van der Waals surface area contributed by atoms with Gasteiger partial charge in [0.1, 0.15) is 17.3 Å². The van der Waals surface area contributed by atoms with Crippen LogP contribution in [0.25, 0.3) is 5.76 Å². The summed E-state index contributed by atoms with van der Waals surface area (Å²) in [6.07, 6.45) is 1.46. The summed E-state index contributed by atoms with van der Waals surface area (Å²) in [5, 5.41) is 11.1. The number of nitrogens with zero attached hydrogens (tertiary/aromatic N) is 1. The summed E-state index contributed by atoms with van der Waals surface area (Å²) in [5.74, 6) is -1.31. The molecule has 3 rings (SSSR count). The first-order valence-electron chi connectivity index (χ1n) is 10.7. The van der Waals surface area contributed by atoms with Gasteiger partial charge in [-0.2, -0.15) is 0 Å². The summed E-state index contributed by atoms with van der Waals surface area (Å²) in [6.45, 7) is 6.05. The smallest absolute Gasteiger partial charge is 0.308 e. The van der Waals surface area contributed by atoms with Gasteiger partial charge >= 0.3 is 5.97 Å². The van der Waals surface area contributed by atoms with Gasteiger partial charge in [0.2, 0.25) is 0 Å². The average molecular weight is 437 g/mol. The van der Waals surface area contributed by atoms with E-state index in [1.54, 1.807) is 48.5 Å². The Balaban J connectivity index is 2.12. The Morgan fingerprint density at radius 3 is 2.44 bits per heavy atom. The van der Waals surface area contributed by atoms with E-state index in [1.165, 1.54) is 11.8 Å². The third kappa shape index (κ3) is 4.82. The van der Waals surface area contributed by atoms with Gasteiger partial charge in [-0.1, -0.05) is 38.1 Å². The largest absolute Gasteiger partial charge is 0.507 e. The number of likely N-dealkylation sites (tertiary alicyclic amines) is 1. The van der Waals surface area contributed by atoms with Gasteiger partial charge in [-0.05, 0) is 42.7 Å². The number of Topliss-reactive ketones (excluding diaryl/α,β-unsaturated/α-hetero) is 1. The van der Waals surface area contributed by atoms with Crippen molar-refractivity contribution in [3.8, 4) is 11.5 Å². The van der Waals surface area contributed by atoms with Crippen LogP contribution in [0.5, 0.6) is 11.5 Å². The number of ether oxygens (including phenoxy) is 2. The fourth-order valence-corrected chi connectivity index (χ4v) is 3.72. The number of aliphatic hydroxyl groups is 1. The van der Waals surface area contributed by atoms with Crippen LogP contribution in [0.4, 0.5) is 0 Å². The molecule has 1 aliphatic rings. The molecule has 32 heavy (non-hydrogen) atoms. The minimum atomic E-state index is -0.800. The molecular formula is C25H27NO6. The van der Waals surface area contributed by atoms with Crippen molar-refractivity contribution in [2.24, 2.45) is 0 Å². The Morgan fingerprint density at radius 2 is 1.75 bits per heavy atom. The van der Waals surface area contributed by atoms with Crippen molar-refractivity contribution < 1.29 is 29.0 Å². The van der Waals surface area contributed by atoms with Crippen molar-refractivity contribution in [3.05, 3.63) is 65.2 Å². The van der Waals surface area contributed by atoms with Crippen molar-refractivity contribution in [1.29, 1.82) is 0 Å². The van der Waals surface area contributed by atoms with Crippen molar-refractivity contribution >= 4 is 23.4 Å². The molecule has 1 unspecified atom stereocenters. The van der Waals surface area contributed by atoms with Gasteiger partial charge in [0.25, 0.3) is 11.7 Å². The average Bonchev–Trinajstić information content (AvgIpc) is 3.02. The van der Waals surface area contributed by atoms with Gasteiger partial charge in [0, 0.05) is 19.0 Å². The molecule has 1 N–H and O–H groups in total. The van der Waals surface area contributed by atoms with Crippen LogP contribution >= 0.6 is 0 Å². The molecule has 168 valence electrons. The summed E-state index contributed by atoms with van der Waals surface area (Å²) in [7, 11) is 0. The Morgan fingerprint density at radius 1 is 1.03 bits per heavy atom.